The molecule has 0 saturated carbocycles. The number of nitrogens with zero attached hydrogens (tertiary/aromatic N) is 2. The van der Waals surface area contributed by atoms with Crippen LogP contribution in [0.2, 0.25) is 0 Å². The molecule has 0 aromatic heterocycles. The largest absolute Gasteiger partial charge is 0.493 e. The standard InChI is InChI=1S/C32H40FN3O6S/c1-6-8-19-34-32(38)28(7-2)35(21-24-11-13-25(33)14-12-24)31(37)22-36(26-15-18-29(41-4)30(20-26)42-5)43(39,40)27-16-9-23(3)10-17-27/h9-18,20,28H,6-8,19,21-22H2,1-5H3,(H,34,38). The summed E-state index contributed by atoms with van der Waals surface area (Å²) in [5.41, 5.74) is 1.64. The molecule has 0 aliphatic rings. The first-order valence-corrected chi connectivity index (χ1v) is 15.6. The van der Waals surface area contributed by atoms with Crippen molar-refractivity contribution >= 4 is 27.5 Å². The Labute approximate surface area is 253 Å². The second-order valence-corrected chi connectivity index (χ2v) is 11.9. The molecular weight excluding hydrogens is 573 g/mol. The molecule has 3 aromatic rings. The molecule has 1 N–H and O–H groups in total. The minimum absolute atomic E-state index is 0.00452. The summed E-state index contributed by atoms with van der Waals surface area (Å²) in [6.45, 7) is 5.45. The van der Waals surface area contributed by atoms with Crippen molar-refractivity contribution in [1.29, 1.82) is 0 Å². The monoisotopic (exact) mass is 613 g/mol. The van der Waals surface area contributed by atoms with Crippen molar-refractivity contribution in [1.82, 2.24) is 10.2 Å². The van der Waals surface area contributed by atoms with Crippen molar-refractivity contribution < 1.29 is 31.9 Å². The van der Waals surface area contributed by atoms with Crippen LogP contribution in [0.3, 0.4) is 0 Å². The highest BCUT2D eigenvalue weighted by Gasteiger charge is 2.34. The van der Waals surface area contributed by atoms with Gasteiger partial charge < -0.3 is 19.7 Å². The van der Waals surface area contributed by atoms with Crippen LogP contribution < -0.4 is 19.1 Å². The van der Waals surface area contributed by atoms with Gasteiger partial charge in [-0.2, -0.15) is 0 Å². The predicted molar refractivity (Wildman–Crippen MR) is 164 cm³/mol. The third-order valence-electron chi connectivity index (χ3n) is 7.02. The highest BCUT2D eigenvalue weighted by atomic mass is 32.2. The van der Waals surface area contributed by atoms with Crippen molar-refractivity contribution in [2.24, 2.45) is 0 Å². The number of unbranched alkanes of at least 4 members (excludes halogenated alkanes) is 1. The zero-order chi connectivity index (χ0) is 31.6. The average molecular weight is 614 g/mol. The van der Waals surface area contributed by atoms with Crippen LogP contribution in [0.1, 0.15) is 44.2 Å². The summed E-state index contributed by atoms with van der Waals surface area (Å²) in [5, 5.41) is 2.88. The fourth-order valence-electron chi connectivity index (χ4n) is 4.56. The van der Waals surface area contributed by atoms with Gasteiger partial charge in [-0.15, -0.1) is 0 Å². The van der Waals surface area contributed by atoms with Gasteiger partial charge in [0.1, 0.15) is 18.4 Å². The number of anilines is 1. The number of sulfonamides is 1. The summed E-state index contributed by atoms with van der Waals surface area (Å²) < 4.78 is 53.5. The third-order valence-corrected chi connectivity index (χ3v) is 8.81. The fourth-order valence-corrected chi connectivity index (χ4v) is 5.96. The first-order valence-electron chi connectivity index (χ1n) is 14.2. The first-order chi connectivity index (χ1) is 20.5. The Kier molecular flexibility index (Phi) is 11.9. The first kappa shape index (κ1) is 33.4. The van der Waals surface area contributed by atoms with E-state index in [-0.39, 0.29) is 35.2 Å². The van der Waals surface area contributed by atoms with Gasteiger partial charge in [0.15, 0.2) is 11.5 Å². The van der Waals surface area contributed by atoms with Crippen LogP contribution in [0, 0.1) is 12.7 Å². The quantitative estimate of drug-likeness (QED) is 0.240. The Balaban J connectivity index is 2.09. The second-order valence-electron chi connectivity index (χ2n) is 10.1. The number of hydrogen-bond acceptors (Lipinski definition) is 6. The van der Waals surface area contributed by atoms with Gasteiger partial charge in [-0.05, 0) is 61.7 Å². The summed E-state index contributed by atoms with van der Waals surface area (Å²) in [6.07, 6.45) is 1.94. The average Bonchev–Trinajstić information content (AvgIpc) is 3.00. The van der Waals surface area contributed by atoms with E-state index in [1.54, 1.807) is 25.1 Å². The molecule has 2 amide bonds. The summed E-state index contributed by atoms with van der Waals surface area (Å²) in [5.74, 6) is -0.716. The molecule has 0 saturated heterocycles. The van der Waals surface area contributed by atoms with Gasteiger partial charge in [-0.3, -0.25) is 13.9 Å². The van der Waals surface area contributed by atoms with E-state index in [4.69, 9.17) is 9.47 Å². The Bertz CT molecular complexity index is 1480. The van der Waals surface area contributed by atoms with Crippen LogP contribution in [0.5, 0.6) is 11.5 Å². The van der Waals surface area contributed by atoms with E-state index in [9.17, 15) is 22.4 Å². The molecule has 1 unspecified atom stereocenters. The maximum absolute atomic E-state index is 14.2. The molecule has 1 atom stereocenters. The van der Waals surface area contributed by atoms with Crippen LogP contribution in [0.25, 0.3) is 0 Å². The van der Waals surface area contributed by atoms with Crippen molar-refractivity contribution in [3.8, 4) is 11.5 Å². The van der Waals surface area contributed by atoms with E-state index in [0.717, 1.165) is 22.7 Å². The molecule has 43 heavy (non-hydrogen) atoms. The van der Waals surface area contributed by atoms with E-state index >= 15 is 0 Å². The van der Waals surface area contributed by atoms with E-state index < -0.39 is 34.3 Å². The summed E-state index contributed by atoms with van der Waals surface area (Å²) >= 11 is 0. The van der Waals surface area contributed by atoms with Crippen LogP contribution in [-0.4, -0.2) is 58.5 Å². The van der Waals surface area contributed by atoms with E-state index in [1.807, 2.05) is 13.8 Å². The highest BCUT2D eigenvalue weighted by Crippen LogP contribution is 2.34. The topological polar surface area (TPSA) is 105 Å². The number of nitrogens with one attached hydrogen (secondary N) is 1. The van der Waals surface area contributed by atoms with Gasteiger partial charge in [0.25, 0.3) is 10.0 Å². The number of halogens is 1. The Morgan fingerprint density at radius 2 is 1.58 bits per heavy atom. The molecule has 0 bridgehead atoms. The molecule has 0 radical (unpaired) electrons. The minimum atomic E-state index is -4.25. The number of hydrogen-bond donors (Lipinski definition) is 1. The number of carbonyl (C=O) groups excluding carboxylic acids is 2. The molecule has 3 rings (SSSR count). The summed E-state index contributed by atoms with van der Waals surface area (Å²) in [7, 11) is -1.36. The normalized spacial score (nSPS) is 11.9. The van der Waals surface area contributed by atoms with Crippen LogP contribution in [0.15, 0.2) is 71.6 Å². The van der Waals surface area contributed by atoms with Crippen LogP contribution in [0.4, 0.5) is 10.1 Å². The Hall–Kier alpha value is -4.12. The molecule has 9 nitrogen and oxygen atoms in total. The van der Waals surface area contributed by atoms with E-state index in [0.29, 0.717) is 17.9 Å². The maximum atomic E-state index is 14.2. The van der Waals surface area contributed by atoms with Crippen molar-refractivity contribution in [2.75, 3.05) is 31.6 Å². The summed E-state index contributed by atoms with van der Waals surface area (Å²) in [4.78, 5) is 28.8. The van der Waals surface area contributed by atoms with Crippen LogP contribution >= 0.6 is 0 Å². The molecule has 0 aliphatic carbocycles. The van der Waals surface area contributed by atoms with Crippen LogP contribution in [-0.2, 0) is 26.2 Å². The number of methoxy groups -OCH3 is 2. The van der Waals surface area contributed by atoms with Gasteiger partial charge in [0.2, 0.25) is 11.8 Å². The summed E-state index contributed by atoms with van der Waals surface area (Å²) in [6, 6.07) is 15.6. The molecular formula is C32H40FN3O6S. The van der Waals surface area contributed by atoms with Gasteiger partial charge >= 0.3 is 0 Å². The Morgan fingerprint density at radius 3 is 2.16 bits per heavy atom. The smallest absolute Gasteiger partial charge is 0.264 e. The number of rotatable bonds is 15. The lowest BCUT2D eigenvalue weighted by Gasteiger charge is -2.33. The lowest BCUT2D eigenvalue weighted by atomic mass is 10.1. The minimum Gasteiger partial charge on any atom is -0.493 e. The lowest BCUT2D eigenvalue weighted by Crippen LogP contribution is -2.52. The number of benzene rings is 3. The molecule has 3 aromatic carbocycles. The zero-order valence-corrected chi connectivity index (χ0v) is 26.1. The highest BCUT2D eigenvalue weighted by molar-refractivity contribution is 7.92. The molecule has 0 fully saturated rings. The number of amides is 2. The molecule has 0 aliphatic heterocycles. The van der Waals surface area contributed by atoms with Gasteiger partial charge in [0, 0.05) is 19.2 Å². The van der Waals surface area contributed by atoms with E-state index in [2.05, 4.69) is 5.32 Å². The number of carbonyl (C=O) groups is 2. The van der Waals surface area contributed by atoms with Crippen molar-refractivity contribution in [3.63, 3.8) is 0 Å². The third kappa shape index (κ3) is 8.47. The molecule has 232 valence electrons. The van der Waals surface area contributed by atoms with Gasteiger partial charge in [-0.1, -0.05) is 50.1 Å². The molecule has 11 heteroatoms. The zero-order valence-electron chi connectivity index (χ0n) is 25.3. The van der Waals surface area contributed by atoms with Crippen molar-refractivity contribution in [3.05, 3.63) is 83.7 Å². The SMILES string of the molecule is CCCCNC(=O)C(CC)N(Cc1ccc(F)cc1)C(=O)CN(c1ccc(OC)c(OC)c1)S(=O)(=O)c1ccc(C)cc1. The maximum Gasteiger partial charge on any atom is 0.264 e. The van der Waals surface area contributed by atoms with E-state index in [1.165, 1.54) is 67.7 Å². The van der Waals surface area contributed by atoms with Gasteiger partial charge in [-0.25, -0.2) is 12.8 Å². The fraction of sp³-hybridized carbons (Fsp3) is 0.375. The number of aryl methyl sites for hydroxylation is 1. The predicted octanol–water partition coefficient (Wildman–Crippen LogP) is 5.07. The van der Waals surface area contributed by atoms with Crippen molar-refractivity contribution in [2.45, 2.75) is 57.5 Å². The second kappa shape index (κ2) is 15.4. The Morgan fingerprint density at radius 1 is 0.930 bits per heavy atom. The number of ether oxygens (including phenoxy) is 2. The molecule has 0 heterocycles. The molecule has 0 spiro atoms. The van der Waals surface area contributed by atoms with Gasteiger partial charge in [0.05, 0.1) is 24.8 Å². The lowest BCUT2D eigenvalue weighted by molar-refractivity contribution is -0.140.